The van der Waals surface area contributed by atoms with Crippen molar-refractivity contribution in [1.82, 2.24) is 0 Å². The van der Waals surface area contributed by atoms with E-state index in [2.05, 4.69) is 0 Å². The average Bonchev–Trinajstić information content (AvgIpc) is 2.46. The zero-order chi connectivity index (χ0) is 14.7. The van der Waals surface area contributed by atoms with Crippen molar-refractivity contribution in [3.05, 3.63) is 16.7 Å². The van der Waals surface area contributed by atoms with E-state index in [9.17, 15) is 9.90 Å². The van der Waals surface area contributed by atoms with Crippen molar-refractivity contribution in [2.24, 2.45) is 0 Å². The number of benzene rings is 1. The van der Waals surface area contributed by atoms with Crippen molar-refractivity contribution in [3.8, 4) is 17.2 Å². The van der Waals surface area contributed by atoms with Crippen LogP contribution < -0.4 is 14.2 Å². The van der Waals surface area contributed by atoms with E-state index in [4.69, 9.17) is 30.5 Å². The molecule has 7 heteroatoms. The van der Waals surface area contributed by atoms with Gasteiger partial charge in [0.05, 0.1) is 24.3 Å². The fourth-order valence-corrected chi connectivity index (χ4v) is 2.22. The Hall–Kier alpha value is -1.66. The van der Waals surface area contributed by atoms with Gasteiger partial charge in [0.1, 0.15) is 19.0 Å². The molecule has 1 heterocycles. The van der Waals surface area contributed by atoms with Gasteiger partial charge in [-0.1, -0.05) is 11.6 Å². The van der Waals surface area contributed by atoms with Crippen LogP contribution in [0.4, 0.5) is 0 Å². The molecular formula is C13H15ClO6. The first-order valence-electron chi connectivity index (χ1n) is 6.10. The molecule has 0 fully saturated rings. The van der Waals surface area contributed by atoms with Crippen LogP contribution in [0.15, 0.2) is 6.07 Å². The molecule has 1 aliphatic heterocycles. The number of carbonyl (C=O) groups excluding carboxylic acids is 1. The summed E-state index contributed by atoms with van der Waals surface area (Å²) in [5, 5.41) is 10.2. The molecule has 1 aliphatic rings. The maximum Gasteiger partial charge on any atom is 0.339 e. The van der Waals surface area contributed by atoms with Crippen molar-refractivity contribution in [1.29, 1.82) is 0 Å². The second kappa shape index (κ2) is 6.19. The van der Waals surface area contributed by atoms with E-state index in [1.807, 2.05) is 0 Å². The Morgan fingerprint density at radius 2 is 2.20 bits per heavy atom. The zero-order valence-corrected chi connectivity index (χ0v) is 11.9. The fourth-order valence-electron chi connectivity index (χ4n) is 1.90. The van der Waals surface area contributed by atoms with Crippen molar-refractivity contribution in [2.75, 3.05) is 26.9 Å². The summed E-state index contributed by atoms with van der Waals surface area (Å²) >= 11 is 6.16. The summed E-state index contributed by atoms with van der Waals surface area (Å²) in [7, 11) is 1.43. The van der Waals surface area contributed by atoms with Gasteiger partial charge in [-0.05, 0) is 6.92 Å². The highest BCUT2D eigenvalue weighted by atomic mass is 35.5. The van der Waals surface area contributed by atoms with Gasteiger partial charge in [0.2, 0.25) is 0 Å². The molecule has 0 aliphatic carbocycles. The second-order valence-corrected chi connectivity index (χ2v) is 4.36. The van der Waals surface area contributed by atoms with Gasteiger partial charge in [-0.2, -0.15) is 0 Å². The van der Waals surface area contributed by atoms with Gasteiger partial charge in [0, 0.05) is 6.07 Å². The molecule has 0 saturated heterocycles. The smallest absolute Gasteiger partial charge is 0.339 e. The lowest BCUT2D eigenvalue weighted by Gasteiger charge is -2.24. The summed E-state index contributed by atoms with van der Waals surface area (Å²) in [4.78, 5) is 11.7. The standard InChI is InChI=1S/C13H15ClO6/c1-3-18-13(16)11(15)9-10(14)7(17-2)6-8-12(9)20-5-4-19-8/h6,11,15H,3-5H2,1-2H3. The van der Waals surface area contributed by atoms with E-state index in [0.717, 1.165) is 0 Å². The molecule has 2 rings (SSSR count). The molecule has 20 heavy (non-hydrogen) atoms. The maximum atomic E-state index is 11.7. The lowest BCUT2D eigenvalue weighted by molar-refractivity contribution is -0.153. The first-order valence-corrected chi connectivity index (χ1v) is 6.48. The predicted molar refractivity (Wildman–Crippen MR) is 70.6 cm³/mol. The summed E-state index contributed by atoms with van der Waals surface area (Å²) < 4.78 is 20.8. The van der Waals surface area contributed by atoms with Crippen molar-refractivity contribution >= 4 is 17.6 Å². The van der Waals surface area contributed by atoms with Crippen LogP contribution in [0.25, 0.3) is 0 Å². The Morgan fingerprint density at radius 3 is 2.85 bits per heavy atom. The number of methoxy groups -OCH3 is 1. The SMILES string of the molecule is CCOC(=O)C(O)c1c(Cl)c(OC)cc2c1OCCO2. The van der Waals surface area contributed by atoms with Gasteiger partial charge in [-0.15, -0.1) is 0 Å². The highest BCUT2D eigenvalue weighted by Gasteiger charge is 2.31. The summed E-state index contributed by atoms with van der Waals surface area (Å²) in [6.45, 7) is 2.47. The van der Waals surface area contributed by atoms with Gasteiger partial charge < -0.3 is 24.1 Å². The molecule has 0 bridgehead atoms. The largest absolute Gasteiger partial charge is 0.495 e. The number of aliphatic hydroxyl groups excluding tert-OH is 1. The number of hydrogen-bond acceptors (Lipinski definition) is 6. The lowest BCUT2D eigenvalue weighted by Crippen LogP contribution is -2.21. The molecule has 1 aromatic carbocycles. The van der Waals surface area contributed by atoms with Crippen LogP contribution in [0.3, 0.4) is 0 Å². The minimum absolute atomic E-state index is 0.0947. The third kappa shape index (κ3) is 2.62. The number of hydrogen-bond donors (Lipinski definition) is 1. The fraction of sp³-hybridized carbons (Fsp3) is 0.462. The van der Waals surface area contributed by atoms with Crippen molar-refractivity contribution in [2.45, 2.75) is 13.0 Å². The minimum atomic E-state index is -1.56. The number of ether oxygens (including phenoxy) is 4. The van der Waals surface area contributed by atoms with Crippen LogP contribution in [-0.2, 0) is 9.53 Å². The second-order valence-electron chi connectivity index (χ2n) is 3.99. The molecule has 0 radical (unpaired) electrons. The number of fused-ring (bicyclic) bond motifs is 1. The molecule has 0 spiro atoms. The molecule has 1 N–H and O–H groups in total. The number of halogens is 1. The number of aliphatic hydroxyl groups is 1. The summed E-state index contributed by atoms with van der Waals surface area (Å²) in [5.74, 6) is 0.0896. The van der Waals surface area contributed by atoms with Crippen molar-refractivity contribution < 1.29 is 28.8 Å². The van der Waals surface area contributed by atoms with E-state index in [0.29, 0.717) is 19.0 Å². The van der Waals surface area contributed by atoms with Gasteiger partial charge in [0.15, 0.2) is 17.6 Å². The van der Waals surface area contributed by atoms with Crippen LogP contribution in [0, 0.1) is 0 Å². The first kappa shape index (κ1) is 14.7. The molecule has 0 saturated carbocycles. The Labute approximate surface area is 121 Å². The van der Waals surface area contributed by atoms with Gasteiger partial charge in [-0.3, -0.25) is 0 Å². The number of carbonyl (C=O) groups is 1. The summed E-state index contributed by atoms with van der Waals surface area (Å²) in [5.41, 5.74) is 0.0965. The van der Waals surface area contributed by atoms with Crippen LogP contribution in [-0.4, -0.2) is 38.0 Å². The number of rotatable bonds is 4. The van der Waals surface area contributed by atoms with Crippen LogP contribution in [0.1, 0.15) is 18.6 Å². The Bertz CT molecular complexity index is 516. The number of esters is 1. The van der Waals surface area contributed by atoms with Gasteiger partial charge in [-0.25, -0.2) is 4.79 Å². The van der Waals surface area contributed by atoms with Gasteiger partial charge in [0.25, 0.3) is 0 Å². The van der Waals surface area contributed by atoms with E-state index in [-0.39, 0.29) is 28.7 Å². The molecule has 1 atom stereocenters. The zero-order valence-electron chi connectivity index (χ0n) is 11.1. The molecule has 0 amide bonds. The van der Waals surface area contributed by atoms with Crippen molar-refractivity contribution in [3.63, 3.8) is 0 Å². The Morgan fingerprint density at radius 1 is 1.50 bits per heavy atom. The normalized spacial score (nSPS) is 14.6. The monoisotopic (exact) mass is 302 g/mol. The van der Waals surface area contributed by atoms with E-state index >= 15 is 0 Å². The predicted octanol–water partition coefficient (Wildman–Crippen LogP) is 1.72. The van der Waals surface area contributed by atoms with Crippen LogP contribution in [0.5, 0.6) is 17.2 Å². The Balaban J connectivity index is 2.51. The molecular weight excluding hydrogens is 288 g/mol. The molecule has 6 nitrogen and oxygen atoms in total. The Kier molecular flexibility index (Phi) is 4.57. The summed E-state index contributed by atoms with van der Waals surface area (Å²) in [6.07, 6.45) is -1.56. The third-order valence-electron chi connectivity index (χ3n) is 2.77. The molecule has 1 aromatic rings. The first-order chi connectivity index (χ1) is 9.60. The van der Waals surface area contributed by atoms with E-state index < -0.39 is 12.1 Å². The minimum Gasteiger partial charge on any atom is -0.495 e. The van der Waals surface area contributed by atoms with E-state index in [1.54, 1.807) is 13.0 Å². The topological polar surface area (TPSA) is 74.2 Å². The highest BCUT2D eigenvalue weighted by molar-refractivity contribution is 6.33. The third-order valence-corrected chi connectivity index (χ3v) is 3.16. The molecule has 0 aromatic heterocycles. The lowest BCUT2D eigenvalue weighted by atomic mass is 10.1. The maximum absolute atomic E-state index is 11.7. The molecule has 110 valence electrons. The van der Waals surface area contributed by atoms with E-state index in [1.165, 1.54) is 7.11 Å². The quantitative estimate of drug-likeness (QED) is 0.854. The average molecular weight is 303 g/mol. The summed E-state index contributed by atoms with van der Waals surface area (Å²) in [6, 6.07) is 1.55. The van der Waals surface area contributed by atoms with Crippen LogP contribution in [0.2, 0.25) is 5.02 Å². The van der Waals surface area contributed by atoms with Crippen LogP contribution >= 0.6 is 11.6 Å². The van der Waals surface area contributed by atoms with Gasteiger partial charge >= 0.3 is 5.97 Å². The highest BCUT2D eigenvalue weighted by Crippen LogP contribution is 2.46. The molecule has 1 unspecified atom stereocenters.